The Morgan fingerprint density at radius 2 is 1.30 bits per heavy atom. The molecule has 1 aliphatic rings. The molecule has 2 N–H and O–H groups in total. The third-order valence-electron chi connectivity index (χ3n) is 5.04. The topological polar surface area (TPSA) is 41.1 Å². The smallest absolute Gasteiger partial charge is 0.318 e. The normalized spacial score (nSPS) is 20.3. The van der Waals surface area contributed by atoms with Gasteiger partial charge in [-0.05, 0) is 25.2 Å². The number of carbonyl (C=O) groups is 1. The predicted molar refractivity (Wildman–Crippen MR) is 99.5 cm³/mol. The minimum absolute atomic E-state index is 0.0503. The summed E-state index contributed by atoms with van der Waals surface area (Å²) in [5.74, 6) is 0. The van der Waals surface area contributed by atoms with Crippen molar-refractivity contribution in [2.45, 2.75) is 104 Å². The Labute approximate surface area is 143 Å². The molecule has 0 spiro atoms. The van der Waals surface area contributed by atoms with Crippen molar-refractivity contribution in [3.8, 4) is 0 Å². The van der Waals surface area contributed by atoms with Crippen LogP contribution in [0.3, 0.4) is 0 Å². The fraction of sp³-hybridized carbons (Fsp3) is 0.850. The highest BCUT2D eigenvalue weighted by atomic mass is 16.2. The standard InChI is InChI=1S/C20H38N2O/c1-17(20(2,3)4)16-21-19(23)22-18-14-12-10-8-6-5-7-9-11-13-15-18/h16,18H,5-15H2,1-4H3,(H2,21,22,23)/b17-16+. The lowest BCUT2D eigenvalue weighted by atomic mass is 9.88. The summed E-state index contributed by atoms with van der Waals surface area (Å²) in [6, 6.07) is 0.281. The second kappa shape index (κ2) is 10.7. The number of allylic oxidation sites excluding steroid dienone is 1. The number of urea groups is 1. The highest BCUT2D eigenvalue weighted by Crippen LogP contribution is 2.23. The van der Waals surface area contributed by atoms with Gasteiger partial charge in [0.1, 0.15) is 0 Å². The molecule has 3 heteroatoms. The van der Waals surface area contributed by atoms with Crippen molar-refractivity contribution < 1.29 is 4.79 Å². The summed E-state index contributed by atoms with van der Waals surface area (Å²) in [4.78, 5) is 12.2. The summed E-state index contributed by atoms with van der Waals surface area (Å²) in [5.41, 5.74) is 1.28. The molecule has 134 valence electrons. The summed E-state index contributed by atoms with van der Waals surface area (Å²) >= 11 is 0. The fourth-order valence-corrected chi connectivity index (χ4v) is 2.92. The van der Waals surface area contributed by atoms with Gasteiger partial charge in [-0.15, -0.1) is 0 Å². The van der Waals surface area contributed by atoms with Crippen LogP contribution in [0.4, 0.5) is 4.79 Å². The zero-order chi connectivity index (χ0) is 17.1. The largest absolute Gasteiger partial charge is 0.335 e. The first kappa shape index (κ1) is 20.1. The van der Waals surface area contributed by atoms with E-state index in [9.17, 15) is 4.79 Å². The van der Waals surface area contributed by atoms with Gasteiger partial charge in [-0.3, -0.25) is 0 Å². The second-order valence-electron chi connectivity index (χ2n) is 8.15. The number of rotatable bonds is 2. The van der Waals surface area contributed by atoms with Gasteiger partial charge in [-0.1, -0.05) is 84.1 Å². The Morgan fingerprint density at radius 1 is 0.870 bits per heavy atom. The molecule has 0 bridgehead atoms. The molecule has 0 heterocycles. The van der Waals surface area contributed by atoms with Crippen LogP contribution >= 0.6 is 0 Å². The first-order valence-corrected chi connectivity index (χ1v) is 9.64. The van der Waals surface area contributed by atoms with Crippen LogP contribution in [0.15, 0.2) is 11.8 Å². The lowest BCUT2D eigenvalue weighted by molar-refractivity contribution is 0.237. The maximum Gasteiger partial charge on any atom is 0.318 e. The van der Waals surface area contributed by atoms with Gasteiger partial charge in [0.15, 0.2) is 0 Å². The molecule has 1 fully saturated rings. The number of amides is 2. The Balaban J connectivity index is 2.42. The van der Waals surface area contributed by atoms with Gasteiger partial charge < -0.3 is 10.6 Å². The summed E-state index contributed by atoms with van der Waals surface area (Å²) < 4.78 is 0. The maximum atomic E-state index is 12.2. The van der Waals surface area contributed by atoms with E-state index in [4.69, 9.17) is 0 Å². The van der Waals surface area contributed by atoms with E-state index in [2.05, 4.69) is 38.3 Å². The molecule has 0 atom stereocenters. The van der Waals surface area contributed by atoms with Crippen molar-refractivity contribution in [1.82, 2.24) is 10.6 Å². The van der Waals surface area contributed by atoms with E-state index < -0.39 is 0 Å². The second-order valence-corrected chi connectivity index (χ2v) is 8.15. The molecule has 0 saturated heterocycles. The molecule has 0 aromatic rings. The van der Waals surface area contributed by atoms with Gasteiger partial charge in [0.2, 0.25) is 0 Å². The van der Waals surface area contributed by atoms with Gasteiger partial charge >= 0.3 is 6.03 Å². The predicted octanol–water partition coefficient (Wildman–Crippen LogP) is 5.91. The molecule has 1 saturated carbocycles. The monoisotopic (exact) mass is 322 g/mol. The van der Waals surface area contributed by atoms with Crippen molar-refractivity contribution in [2.24, 2.45) is 5.41 Å². The van der Waals surface area contributed by atoms with Crippen LogP contribution in [-0.2, 0) is 0 Å². The number of carbonyl (C=O) groups excluding carboxylic acids is 1. The molecule has 1 aliphatic carbocycles. The Hall–Kier alpha value is -0.990. The van der Waals surface area contributed by atoms with Gasteiger partial charge in [-0.2, -0.15) is 0 Å². The first-order chi connectivity index (χ1) is 10.9. The molecular formula is C20H38N2O. The summed E-state index contributed by atoms with van der Waals surface area (Å²) in [6.07, 6.45) is 16.1. The van der Waals surface area contributed by atoms with E-state index in [1.54, 1.807) is 0 Å². The van der Waals surface area contributed by atoms with Crippen LogP contribution in [0.25, 0.3) is 0 Å². The van der Waals surface area contributed by atoms with E-state index >= 15 is 0 Å². The zero-order valence-electron chi connectivity index (χ0n) is 15.8. The van der Waals surface area contributed by atoms with Crippen molar-refractivity contribution in [1.29, 1.82) is 0 Å². The number of nitrogens with one attached hydrogen (secondary N) is 2. The number of hydrogen-bond donors (Lipinski definition) is 2. The van der Waals surface area contributed by atoms with E-state index in [1.165, 1.54) is 63.4 Å². The van der Waals surface area contributed by atoms with E-state index in [1.807, 2.05) is 6.20 Å². The summed E-state index contributed by atoms with van der Waals surface area (Å²) in [5, 5.41) is 6.09. The van der Waals surface area contributed by atoms with Crippen molar-refractivity contribution >= 4 is 6.03 Å². The van der Waals surface area contributed by atoms with Crippen molar-refractivity contribution in [3.63, 3.8) is 0 Å². The lowest BCUT2D eigenvalue weighted by Crippen LogP contribution is -2.40. The van der Waals surface area contributed by atoms with Crippen LogP contribution in [-0.4, -0.2) is 12.1 Å². The third-order valence-corrected chi connectivity index (χ3v) is 5.04. The quantitative estimate of drug-likeness (QED) is 0.652. The molecule has 3 nitrogen and oxygen atoms in total. The van der Waals surface area contributed by atoms with Crippen LogP contribution in [0.1, 0.15) is 98.3 Å². The minimum Gasteiger partial charge on any atom is -0.335 e. The van der Waals surface area contributed by atoms with Gasteiger partial charge in [-0.25, -0.2) is 4.79 Å². The maximum absolute atomic E-state index is 12.2. The minimum atomic E-state index is -0.0503. The lowest BCUT2D eigenvalue weighted by Gasteiger charge is -2.21. The zero-order valence-corrected chi connectivity index (χ0v) is 15.8. The molecule has 0 aliphatic heterocycles. The molecular weight excluding hydrogens is 284 g/mol. The van der Waals surface area contributed by atoms with Crippen LogP contribution in [0, 0.1) is 5.41 Å². The van der Waals surface area contributed by atoms with Crippen LogP contribution in [0.2, 0.25) is 0 Å². The Morgan fingerprint density at radius 3 is 1.74 bits per heavy atom. The van der Waals surface area contributed by atoms with Crippen molar-refractivity contribution in [2.75, 3.05) is 0 Å². The molecule has 0 aromatic carbocycles. The van der Waals surface area contributed by atoms with E-state index in [0.29, 0.717) is 6.04 Å². The fourth-order valence-electron chi connectivity index (χ4n) is 2.92. The van der Waals surface area contributed by atoms with E-state index in [-0.39, 0.29) is 11.4 Å². The molecule has 2 amide bonds. The molecule has 0 unspecified atom stereocenters. The third kappa shape index (κ3) is 9.68. The summed E-state index contributed by atoms with van der Waals surface area (Å²) in [7, 11) is 0. The Kier molecular flexibility index (Phi) is 9.35. The van der Waals surface area contributed by atoms with Gasteiger partial charge in [0, 0.05) is 12.2 Å². The highest BCUT2D eigenvalue weighted by molar-refractivity contribution is 5.75. The molecule has 1 rings (SSSR count). The average Bonchev–Trinajstić information content (AvgIpc) is 2.46. The van der Waals surface area contributed by atoms with E-state index in [0.717, 1.165) is 12.8 Å². The highest BCUT2D eigenvalue weighted by Gasteiger charge is 2.14. The SMILES string of the molecule is C/C(=C\NC(=O)NC1CCCCCCCCCCC1)C(C)(C)C. The molecule has 23 heavy (non-hydrogen) atoms. The van der Waals surface area contributed by atoms with Crippen LogP contribution < -0.4 is 10.6 Å². The van der Waals surface area contributed by atoms with Crippen LogP contribution in [0.5, 0.6) is 0 Å². The van der Waals surface area contributed by atoms with Gasteiger partial charge in [0.25, 0.3) is 0 Å². The molecule has 0 radical (unpaired) electrons. The first-order valence-electron chi connectivity index (χ1n) is 9.64. The average molecular weight is 323 g/mol. The molecule has 0 aromatic heterocycles. The summed E-state index contributed by atoms with van der Waals surface area (Å²) in [6.45, 7) is 8.54. The van der Waals surface area contributed by atoms with Crippen molar-refractivity contribution in [3.05, 3.63) is 11.8 Å². The number of hydrogen-bond acceptors (Lipinski definition) is 1. The van der Waals surface area contributed by atoms with Gasteiger partial charge in [0.05, 0.1) is 0 Å². The Bertz CT molecular complexity index is 356.